The van der Waals surface area contributed by atoms with Crippen molar-refractivity contribution in [1.82, 2.24) is 0 Å². The summed E-state index contributed by atoms with van der Waals surface area (Å²) in [6.45, 7) is 1.92. The summed E-state index contributed by atoms with van der Waals surface area (Å²) >= 11 is 12.2. The summed E-state index contributed by atoms with van der Waals surface area (Å²) in [5.41, 5.74) is 1.80. The Morgan fingerprint density at radius 2 is 1.92 bits per heavy atom. The average Bonchev–Trinajstić information content (AvgIpc) is 2.92. The van der Waals surface area contributed by atoms with Crippen molar-refractivity contribution in [1.29, 1.82) is 0 Å². The van der Waals surface area contributed by atoms with E-state index < -0.39 is 5.97 Å². The summed E-state index contributed by atoms with van der Waals surface area (Å²) < 4.78 is 16.1. The number of methoxy groups -OCH3 is 1. The smallest absolute Gasteiger partial charge is 0.363 e. The summed E-state index contributed by atoms with van der Waals surface area (Å²) in [6.07, 6.45) is 1.58. The second kappa shape index (κ2) is 7.81. The molecule has 0 atom stereocenters. The van der Waals surface area contributed by atoms with Crippen molar-refractivity contribution in [2.75, 3.05) is 7.11 Å². The molecule has 0 unspecified atom stereocenters. The maximum Gasteiger partial charge on any atom is 0.363 e. The molecule has 0 saturated heterocycles. The number of hydrogen-bond acceptors (Lipinski definition) is 5. The van der Waals surface area contributed by atoms with Crippen LogP contribution in [0.4, 0.5) is 0 Å². The Labute approximate surface area is 160 Å². The minimum Gasteiger partial charge on any atom is -0.493 e. The Bertz CT molecular complexity index is 905. The molecule has 0 N–H and O–H groups in total. The van der Waals surface area contributed by atoms with Gasteiger partial charge in [0.1, 0.15) is 6.61 Å². The fourth-order valence-electron chi connectivity index (χ4n) is 2.37. The van der Waals surface area contributed by atoms with Gasteiger partial charge in [-0.3, -0.25) is 0 Å². The van der Waals surface area contributed by atoms with E-state index in [1.54, 1.807) is 37.3 Å². The van der Waals surface area contributed by atoms with Crippen molar-refractivity contribution in [3.8, 4) is 11.5 Å². The van der Waals surface area contributed by atoms with E-state index in [4.69, 9.17) is 37.4 Å². The SMILES string of the molecule is COc1cc(/C=C2/N=C(C)OC2=O)cc(Cl)c1OCc1ccc(Cl)cc1. The zero-order valence-electron chi connectivity index (χ0n) is 14.1. The maximum absolute atomic E-state index is 11.7. The molecule has 5 nitrogen and oxygen atoms in total. The highest BCUT2D eigenvalue weighted by Crippen LogP contribution is 2.37. The summed E-state index contributed by atoms with van der Waals surface area (Å²) in [6, 6.07) is 10.7. The Hall–Kier alpha value is -2.50. The number of esters is 1. The van der Waals surface area contributed by atoms with Crippen LogP contribution in [0, 0.1) is 0 Å². The van der Waals surface area contributed by atoms with E-state index in [0.29, 0.717) is 39.6 Å². The first-order valence-corrected chi connectivity index (χ1v) is 8.46. The van der Waals surface area contributed by atoms with Crippen molar-refractivity contribution >= 4 is 41.1 Å². The minimum absolute atomic E-state index is 0.204. The lowest BCUT2D eigenvalue weighted by molar-refractivity contribution is -0.130. The summed E-state index contributed by atoms with van der Waals surface area (Å²) in [5.74, 6) is 0.674. The van der Waals surface area contributed by atoms with Gasteiger partial charge in [-0.15, -0.1) is 0 Å². The van der Waals surface area contributed by atoms with Crippen molar-refractivity contribution in [3.05, 3.63) is 63.3 Å². The topological polar surface area (TPSA) is 57.1 Å². The van der Waals surface area contributed by atoms with Crippen LogP contribution in [0.5, 0.6) is 11.5 Å². The Balaban J connectivity index is 1.84. The zero-order chi connectivity index (χ0) is 18.7. The van der Waals surface area contributed by atoms with Crippen molar-refractivity contribution in [2.45, 2.75) is 13.5 Å². The van der Waals surface area contributed by atoms with Gasteiger partial charge in [-0.1, -0.05) is 35.3 Å². The predicted octanol–water partition coefficient (Wildman–Crippen LogP) is 4.90. The highest BCUT2D eigenvalue weighted by molar-refractivity contribution is 6.32. The molecule has 0 fully saturated rings. The number of aliphatic imine (C=N–C) groups is 1. The summed E-state index contributed by atoms with van der Waals surface area (Å²) in [4.78, 5) is 15.7. The van der Waals surface area contributed by atoms with Crippen LogP contribution < -0.4 is 9.47 Å². The van der Waals surface area contributed by atoms with Gasteiger partial charge in [-0.25, -0.2) is 9.79 Å². The van der Waals surface area contributed by atoms with Gasteiger partial charge in [-0.05, 0) is 41.5 Å². The summed E-state index contributed by atoms with van der Waals surface area (Å²) in [7, 11) is 1.52. The lowest BCUT2D eigenvalue weighted by Gasteiger charge is -2.13. The molecule has 0 aromatic heterocycles. The Morgan fingerprint density at radius 1 is 1.19 bits per heavy atom. The molecule has 0 amide bonds. The first-order chi connectivity index (χ1) is 12.5. The number of carbonyl (C=O) groups excluding carboxylic acids is 1. The molecule has 0 bridgehead atoms. The van der Waals surface area contributed by atoms with Gasteiger partial charge >= 0.3 is 5.97 Å². The number of benzene rings is 2. The number of rotatable bonds is 5. The van der Waals surface area contributed by atoms with E-state index in [9.17, 15) is 4.79 Å². The van der Waals surface area contributed by atoms with Gasteiger partial charge in [-0.2, -0.15) is 0 Å². The zero-order valence-corrected chi connectivity index (χ0v) is 15.6. The molecule has 0 aliphatic carbocycles. The van der Waals surface area contributed by atoms with E-state index in [0.717, 1.165) is 5.56 Å². The van der Waals surface area contributed by atoms with Crippen LogP contribution in [0.1, 0.15) is 18.1 Å². The van der Waals surface area contributed by atoms with Crippen LogP contribution in [0.25, 0.3) is 6.08 Å². The van der Waals surface area contributed by atoms with Crippen LogP contribution >= 0.6 is 23.2 Å². The monoisotopic (exact) mass is 391 g/mol. The molecule has 2 aromatic rings. The van der Waals surface area contributed by atoms with E-state index >= 15 is 0 Å². The molecule has 1 heterocycles. The van der Waals surface area contributed by atoms with Gasteiger partial charge in [0.05, 0.1) is 12.1 Å². The predicted molar refractivity (Wildman–Crippen MR) is 101 cm³/mol. The van der Waals surface area contributed by atoms with Gasteiger partial charge in [0.15, 0.2) is 23.1 Å². The number of carbonyl (C=O) groups is 1. The van der Waals surface area contributed by atoms with Gasteiger partial charge in [0, 0.05) is 11.9 Å². The lowest BCUT2D eigenvalue weighted by Crippen LogP contribution is -2.00. The Morgan fingerprint density at radius 3 is 2.54 bits per heavy atom. The first kappa shape index (κ1) is 18.3. The second-order valence-corrected chi connectivity index (χ2v) is 6.34. The molecule has 1 aliphatic rings. The molecule has 2 aromatic carbocycles. The van der Waals surface area contributed by atoms with Crippen molar-refractivity contribution < 1.29 is 19.0 Å². The average molecular weight is 392 g/mol. The van der Waals surface area contributed by atoms with Crippen LogP contribution in [0.15, 0.2) is 47.1 Å². The van der Waals surface area contributed by atoms with Crippen LogP contribution in [0.2, 0.25) is 10.0 Å². The van der Waals surface area contributed by atoms with Crippen molar-refractivity contribution in [3.63, 3.8) is 0 Å². The molecule has 134 valence electrons. The van der Waals surface area contributed by atoms with Gasteiger partial charge in [0.2, 0.25) is 0 Å². The van der Waals surface area contributed by atoms with Crippen LogP contribution in [-0.4, -0.2) is 19.0 Å². The largest absolute Gasteiger partial charge is 0.493 e. The maximum atomic E-state index is 11.7. The van der Waals surface area contributed by atoms with Crippen LogP contribution in [-0.2, 0) is 16.1 Å². The molecule has 26 heavy (non-hydrogen) atoms. The third kappa shape index (κ3) is 4.18. The third-order valence-corrected chi connectivity index (χ3v) is 4.11. The fraction of sp³-hybridized carbons (Fsp3) is 0.158. The lowest BCUT2D eigenvalue weighted by atomic mass is 10.1. The van der Waals surface area contributed by atoms with Gasteiger partial charge in [0.25, 0.3) is 0 Å². The number of nitrogens with zero attached hydrogens (tertiary/aromatic N) is 1. The van der Waals surface area contributed by atoms with E-state index in [-0.39, 0.29) is 5.70 Å². The third-order valence-electron chi connectivity index (χ3n) is 3.58. The van der Waals surface area contributed by atoms with E-state index in [1.165, 1.54) is 7.11 Å². The minimum atomic E-state index is -0.499. The molecule has 3 rings (SSSR count). The molecular weight excluding hydrogens is 377 g/mol. The molecule has 7 heteroatoms. The quantitative estimate of drug-likeness (QED) is 0.537. The van der Waals surface area contributed by atoms with Crippen LogP contribution in [0.3, 0.4) is 0 Å². The molecule has 1 aliphatic heterocycles. The highest BCUT2D eigenvalue weighted by atomic mass is 35.5. The number of hydrogen-bond donors (Lipinski definition) is 0. The number of halogens is 2. The van der Waals surface area contributed by atoms with E-state index in [1.807, 2.05) is 12.1 Å². The van der Waals surface area contributed by atoms with Gasteiger partial charge < -0.3 is 14.2 Å². The number of cyclic esters (lactones) is 1. The fourth-order valence-corrected chi connectivity index (χ4v) is 2.77. The first-order valence-electron chi connectivity index (χ1n) is 7.70. The normalized spacial score (nSPS) is 15.0. The highest BCUT2D eigenvalue weighted by Gasteiger charge is 2.20. The van der Waals surface area contributed by atoms with Crippen molar-refractivity contribution in [2.24, 2.45) is 4.99 Å². The molecule has 0 radical (unpaired) electrons. The Kier molecular flexibility index (Phi) is 5.49. The molecule has 0 saturated carbocycles. The number of ether oxygens (including phenoxy) is 3. The van der Waals surface area contributed by atoms with E-state index in [2.05, 4.69) is 4.99 Å². The standard InChI is InChI=1S/C19H15Cl2NO4/c1-11-22-16(19(23)26-11)8-13-7-15(21)18(17(9-13)24-2)25-10-12-3-5-14(20)6-4-12/h3-9H,10H2,1-2H3/b16-8+. The molecular formula is C19H15Cl2NO4. The summed E-state index contributed by atoms with van der Waals surface area (Å²) in [5, 5.41) is 1.02. The molecule has 0 spiro atoms. The second-order valence-electron chi connectivity index (χ2n) is 5.50.